The highest BCUT2D eigenvalue weighted by atomic mass is 16.7. The van der Waals surface area contributed by atoms with Crippen molar-refractivity contribution < 1.29 is 23.7 Å². The number of fused-ring (bicyclic) bond motifs is 1. The highest BCUT2D eigenvalue weighted by Crippen LogP contribution is 2.41. The second-order valence-electron chi connectivity index (χ2n) is 7.02. The fourth-order valence-corrected chi connectivity index (χ4v) is 3.60. The van der Waals surface area contributed by atoms with Crippen molar-refractivity contribution in [2.24, 2.45) is 0 Å². The van der Waals surface area contributed by atoms with Crippen LogP contribution in [0.1, 0.15) is 0 Å². The van der Waals surface area contributed by atoms with Crippen molar-refractivity contribution in [3.8, 4) is 51.3 Å². The van der Waals surface area contributed by atoms with Crippen LogP contribution in [0, 0.1) is 0 Å². The molecule has 33 heavy (non-hydrogen) atoms. The Morgan fingerprint density at radius 3 is 2.48 bits per heavy atom. The summed E-state index contributed by atoms with van der Waals surface area (Å²) >= 11 is 0. The molecule has 2 aromatic carbocycles. The summed E-state index contributed by atoms with van der Waals surface area (Å²) in [4.78, 5) is 9.02. The molecule has 0 radical (unpaired) electrons. The van der Waals surface area contributed by atoms with Gasteiger partial charge in [-0.05, 0) is 24.3 Å². The minimum absolute atomic E-state index is 0.216. The van der Waals surface area contributed by atoms with Crippen LogP contribution in [0.4, 0.5) is 11.6 Å². The van der Waals surface area contributed by atoms with Crippen molar-refractivity contribution in [2.75, 3.05) is 33.4 Å². The van der Waals surface area contributed by atoms with E-state index < -0.39 is 0 Å². The standard InChI is InChI=1S/C23H21N5O5/c1-29-19-9-14(10-20(30-2)22(19)31-3)26-23-24-7-6-16(27-23)15-11-25-28-21(15)13-4-5-17-18(8-13)33-12-32-17/h4-11H,12H2,1-3H3,(H,25,28)(H,24,26,27). The Balaban J connectivity index is 1.47. The molecule has 4 aromatic rings. The Morgan fingerprint density at radius 2 is 1.73 bits per heavy atom. The van der Waals surface area contributed by atoms with Gasteiger partial charge in [0.25, 0.3) is 0 Å². The number of H-pyrrole nitrogens is 1. The van der Waals surface area contributed by atoms with Crippen LogP contribution in [0.5, 0.6) is 28.7 Å². The average molecular weight is 447 g/mol. The minimum atomic E-state index is 0.216. The zero-order valence-corrected chi connectivity index (χ0v) is 18.2. The molecule has 0 fully saturated rings. The minimum Gasteiger partial charge on any atom is -0.493 e. The highest BCUT2D eigenvalue weighted by molar-refractivity contribution is 5.80. The first kappa shape index (κ1) is 20.4. The molecule has 0 saturated carbocycles. The van der Waals surface area contributed by atoms with Crippen LogP contribution in [0.2, 0.25) is 0 Å². The number of ether oxygens (including phenoxy) is 5. The number of hydrogen-bond donors (Lipinski definition) is 2. The third-order valence-electron chi connectivity index (χ3n) is 5.14. The van der Waals surface area contributed by atoms with Crippen molar-refractivity contribution in [2.45, 2.75) is 0 Å². The first-order valence-corrected chi connectivity index (χ1v) is 10.0. The number of benzene rings is 2. The lowest BCUT2D eigenvalue weighted by atomic mass is 10.1. The van der Waals surface area contributed by atoms with E-state index in [1.807, 2.05) is 24.3 Å². The van der Waals surface area contributed by atoms with Gasteiger partial charge in [-0.2, -0.15) is 5.10 Å². The number of nitrogens with zero attached hydrogens (tertiary/aromatic N) is 3. The molecule has 0 bridgehead atoms. The molecule has 0 aliphatic carbocycles. The van der Waals surface area contributed by atoms with Gasteiger partial charge in [0.1, 0.15) is 5.69 Å². The number of anilines is 2. The van der Waals surface area contributed by atoms with Crippen LogP contribution >= 0.6 is 0 Å². The van der Waals surface area contributed by atoms with Gasteiger partial charge in [-0.1, -0.05) is 0 Å². The molecule has 2 aromatic heterocycles. The van der Waals surface area contributed by atoms with Crippen molar-refractivity contribution in [1.82, 2.24) is 20.2 Å². The molecule has 10 nitrogen and oxygen atoms in total. The van der Waals surface area contributed by atoms with E-state index in [9.17, 15) is 0 Å². The van der Waals surface area contributed by atoms with Crippen molar-refractivity contribution in [3.63, 3.8) is 0 Å². The summed E-state index contributed by atoms with van der Waals surface area (Å²) in [6.07, 6.45) is 3.48. The van der Waals surface area contributed by atoms with E-state index in [2.05, 4.69) is 25.5 Å². The van der Waals surface area contributed by atoms with Gasteiger partial charge in [0.2, 0.25) is 18.5 Å². The van der Waals surface area contributed by atoms with Gasteiger partial charge in [0, 0.05) is 41.3 Å². The lowest BCUT2D eigenvalue weighted by molar-refractivity contribution is 0.174. The van der Waals surface area contributed by atoms with Gasteiger partial charge < -0.3 is 29.0 Å². The molecule has 1 aliphatic rings. The molecule has 0 saturated heterocycles. The third-order valence-corrected chi connectivity index (χ3v) is 5.14. The van der Waals surface area contributed by atoms with Gasteiger partial charge in [-0.25, -0.2) is 9.97 Å². The maximum Gasteiger partial charge on any atom is 0.231 e. The van der Waals surface area contributed by atoms with Crippen molar-refractivity contribution in [1.29, 1.82) is 0 Å². The largest absolute Gasteiger partial charge is 0.493 e. The van der Waals surface area contributed by atoms with Gasteiger partial charge >= 0.3 is 0 Å². The van der Waals surface area contributed by atoms with Crippen LogP contribution in [0.25, 0.3) is 22.5 Å². The summed E-state index contributed by atoms with van der Waals surface area (Å²) in [7, 11) is 4.69. The van der Waals surface area contributed by atoms with E-state index in [1.54, 1.807) is 45.9 Å². The summed E-state index contributed by atoms with van der Waals surface area (Å²) in [5, 5.41) is 10.5. The van der Waals surface area contributed by atoms with Gasteiger partial charge in [0.15, 0.2) is 23.0 Å². The summed E-state index contributed by atoms with van der Waals surface area (Å²) in [6, 6.07) is 11.1. The molecule has 1 aliphatic heterocycles. The number of aromatic nitrogens is 4. The molecule has 168 valence electrons. The second kappa shape index (κ2) is 8.58. The van der Waals surface area contributed by atoms with Crippen LogP contribution in [-0.2, 0) is 0 Å². The first-order valence-electron chi connectivity index (χ1n) is 10.0. The zero-order chi connectivity index (χ0) is 22.8. The predicted molar refractivity (Wildman–Crippen MR) is 121 cm³/mol. The Kier molecular flexibility index (Phi) is 5.31. The molecule has 0 unspecified atom stereocenters. The normalized spacial score (nSPS) is 11.8. The molecule has 0 atom stereocenters. The molecule has 3 heterocycles. The zero-order valence-electron chi connectivity index (χ0n) is 18.2. The Morgan fingerprint density at radius 1 is 0.939 bits per heavy atom. The molecule has 0 spiro atoms. The van der Waals surface area contributed by atoms with Crippen LogP contribution in [-0.4, -0.2) is 48.3 Å². The average Bonchev–Trinajstić information content (AvgIpc) is 3.52. The molecular weight excluding hydrogens is 426 g/mol. The van der Waals surface area contributed by atoms with Crippen LogP contribution in [0.15, 0.2) is 48.8 Å². The third kappa shape index (κ3) is 3.82. The van der Waals surface area contributed by atoms with E-state index >= 15 is 0 Å². The van der Waals surface area contributed by atoms with E-state index in [1.165, 1.54) is 0 Å². The monoisotopic (exact) mass is 447 g/mol. The molecule has 10 heteroatoms. The lowest BCUT2D eigenvalue weighted by Gasteiger charge is -2.14. The van der Waals surface area contributed by atoms with E-state index in [-0.39, 0.29) is 6.79 Å². The van der Waals surface area contributed by atoms with Crippen LogP contribution in [0.3, 0.4) is 0 Å². The Hall–Kier alpha value is -4.47. The fraction of sp³-hybridized carbons (Fsp3) is 0.174. The number of nitrogens with one attached hydrogen (secondary N) is 2. The SMILES string of the molecule is COc1cc(Nc2nccc(-c3c[nH]nc3-c3ccc4c(c3)OCO4)n2)cc(OC)c1OC. The first-order chi connectivity index (χ1) is 16.2. The maximum absolute atomic E-state index is 5.50. The van der Waals surface area contributed by atoms with E-state index in [4.69, 9.17) is 23.7 Å². The fourth-order valence-electron chi connectivity index (χ4n) is 3.60. The summed E-state index contributed by atoms with van der Waals surface area (Å²) in [6.45, 7) is 0.216. The quantitative estimate of drug-likeness (QED) is 0.433. The summed E-state index contributed by atoms with van der Waals surface area (Å²) in [5.74, 6) is 3.36. The van der Waals surface area contributed by atoms with E-state index in [0.717, 1.165) is 22.6 Å². The van der Waals surface area contributed by atoms with Gasteiger partial charge in [-0.3, -0.25) is 5.10 Å². The Bertz CT molecular complexity index is 1280. The molecule has 2 N–H and O–H groups in total. The second-order valence-corrected chi connectivity index (χ2v) is 7.02. The number of methoxy groups -OCH3 is 3. The highest BCUT2D eigenvalue weighted by Gasteiger charge is 2.18. The molecular formula is C23H21N5O5. The van der Waals surface area contributed by atoms with Gasteiger partial charge in [0.05, 0.1) is 27.0 Å². The van der Waals surface area contributed by atoms with Crippen molar-refractivity contribution >= 4 is 11.6 Å². The number of rotatable bonds is 7. The van der Waals surface area contributed by atoms with Crippen LogP contribution < -0.4 is 29.0 Å². The van der Waals surface area contributed by atoms with Gasteiger partial charge in [-0.15, -0.1) is 0 Å². The Labute approximate surface area is 189 Å². The smallest absolute Gasteiger partial charge is 0.231 e. The predicted octanol–water partition coefficient (Wildman–Crippen LogP) is 4.03. The molecule has 0 amide bonds. The summed E-state index contributed by atoms with van der Waals surface area (Å²) < 4.78 is 27.1. The summed E-state index contributed by atoms with van der Waals surface area (Å²) in [5.41, 5.74) is 3.83. The molecule has 5 rings (SSSR count). The van der Waals surface area contributed by atoms with E-state index in [0.29, 0.717) is 40.3 Å². The number of aromatic amines is 1. The number of hydrogen-bond acceptors (Lipinski definition) is 9. The topological polar surface area (TPSA) is 113 Å². The maximum atomic E-state index is 5.50. The lowest BCUT2D eigenvalue weighted by Crippen LogP contribution is -2.01. The van der Waals surface area contributed by atoms with Crippen molar-refractivity contribution in [3.05, 3.63) is 48.8 Å².